The average Bonchev–Trinajstić information content (AvgIpc) is 2.78. The SMILES string of the molecule is COc1ccc(CN(c2ccc(F)cc2)S(=O)(=O)c2ccc([N+](=O)[O-])cc2)cc1OC. The highest BCUT2D eigenvalue weighted by Gasteiger charge is 2.26. The van der Waals surface area contributed by atoms with Crippen molar-refractivity contribution in [3.63, 3.8) is 0 Å². The molecule has 3 aromatic carbocycles. The van der Waals surface area contributed by atoms with E-state index in [0.29, 0.717) is 17.1 Å². The lowest BCUT2D eigenvalue weighted by atomic mass is 10.2. The van der Waals surface area contributed by atoms with Crippen molar-refractivity contribution in [1.82, 2.24) is 0 Å². The molecular formula is C21H19FN2O6S. The minimum Gasteiger partial charge on any atom is -0.493 e. The molecule has 3 aromatic rings. The predicted molar refractivity (Wildman–Crippen MR) is 112 cm³/mol. The molecule has 0 aliphatic carbocycles. The van der Waals surface area contributed by atoms with Crippen LogP contribution in [-0.4, -0.2) is 27.6 Å². The van der Waals surface area contributed by atoms with Gasteiger partial charge in [-0.3, -0.25) is 14.4 Å². The minimum absolute atomic E-state index is 0.0920. The number of ether oxygens (including phenoxy) is 2. The highest BCUT2D eigenvalue weighted by atomic mass is 32.2. The van der Waals surface area contributed by atoms with Crippen LogP contribution in [-0.2, 0) is 16.6 Å². The molecule has 0 aliphatic heterocycles. The summed E-state index contributed by atoms with van der Waals surface area (Å²) in [5.41, 5.74) is 0.592. The van der Waals surface area contributed by atoms with Crippen molar-refractivity contribution in [2.75, 3.05) is 18.5 Å². The molecule has 0 saturated heterocycles. The predicted octanol–water partition coefficient (Wildman–Crippen LogP) is 4.15. The van der Waals surface area contributed by atoms with Gasteiger partial charge in [-0.1, -0.05) is 6.07 Å². The van der Waals surface area contributed by atoms with Crippen molar-refractivity contribution in [3.8, 4) is 11.5 Å². The third kappa shape index (κ3) is 4.75. The Balaban J connectivity index is 2.06. The fourth-order valence-corrected chi connectivity index (χ4v) is 4.39. The van der Waals surface area contributed by atoms with E-state index in [2.05, 4.69) is 0 Å². The fourth-order valence-electron chi connectivity index (χ4n) is 2.93. The Bertz CT molecular complexity index is 1180. The van der Waals surface area contributed by atoms with E-state index in [9.17, 15) is 22.9 Å². The van der Waals surface area contributed by atoms with E-state index in [1.54, 1.807) is 18.2 Å². The van der Waals surface area contributed by atoms with Crippen LogP contribution in [0.4, 0.5) is 15.8 Å². The molecule has 0 atom stereocenters. The van der Waals surface area contributed by atoms with Crippen LogP contribution in [0.3, 0.4) is 0 Å². The number of hydrogen-bond acceptors (Lipinski definition) is 6. The van der Waals surface area contributed by atoms with Crippen LogP contribution in [0.1, 0.15) is 5.56 Å². The number of nitro benzene ring substituents is 1. The number of nitro groups is 1. The average molecular weight is 446 g/mol. The first-order valence-electron chi connectivity index (χ1n) is 9.00. The molecule has 0 heterocycles. The standard InChI is InChI=1S/C21H19FN2O6S/c1-29-20-12-3-15(13-21(20)30-2)14-23(17-6-4-16(22)5-7-17)31(27,28)19-10-8-18(9-11-19)24(25)26/h3-13H,14H2,1-2H3. The molecule has 0 aliphatic rings. The van der Waals surface area contributed by atoms with E-state index in [0.717, 1.165) is 28.6 Å². The number of nitrogens with zero attached hydrogens (tertiary/aromatic N) is 2. The van der Waals surface area contributed by atoms with Gasteiger partial charge in [-0.25, -0.2) is 12.8 Å². The summed E-state index contributed by atoms with van der Waals surface area (Å²) in [6.07, 6.45) is 0. The third-order valence-electron chi connectivity index (χ3n) is 4.52. The highest BCUT2D eigenvalue weighted by molar-refractivity contribution is 7.92. The number of sulfonamides is 1. The minimum atomic E-state index is -4.13. The Morgan fingerprint density at radius 3 is 2.10 bits per heavy atom. The molecule has 0 amide bonds. The molecule has 10 heteroatoms. The first-order chi connectivity index (χ1) is 14.8. The molecule has 31 heavy (non-hydrogen) atoms. The summed E-state index contributed by atoms with van der Waals surface area (Å²) < 4.78 is 51.8. The molecule has 162 valence electrons. The second-order valence-corrected chi connectivity index (χ2v) is 8.29. The first kappa shape index (κ1) is 22.0. The molecule has 0 bridgehead atoms. The molecule has 0 N–H and O–H groups in total. The Morgan fingerprint density at radius 2 is 1.55 bits per heavy atom. The van der Waals surface area contributed by atoms with Crippen LogP contribution in [0.15, 0.2) is 71.6 Å². The van der Waals surface area contributed by atoms with Crippen molar-refractivity contribution >= 4 is 21.4 Å². The Labute approximate surface area is 178 Å². The number of methoxy groups -OCH3 is 2. The van der Waals surface area contributed by atoms with Gasteiger partial charge in [-0.2, -0.15) is 0 Å². The van der Waals surface area contributed by atoms with Gasteiger partial charge in [0, 0.05) is 12.1 Å². The largest absolute Gasteiger partial charge is 0.493 e. The monoisotopic (exact) mass is 446 g/mol. The maximum atomic E-state index is 13.4. The second-order valence-electron chi connectivity index (χ2n) is 6.43. The molecule has 0 saturated carbocycles. The molecule has 0 fully saturated rings. The lowest BCUT2D eigenvalue weighted by molar-refractivity contribution is -0.384. The molecule has 8 nitrogen and oxygen atoms in total. The van der Waals surface area contributed by atoms with E-state index in [4.69, 9.17) is 9.47 Å². The van der Waals surface area contributed by atoms with E-state index >= 15 is 0 Å². The summed E-state index contributed by atoms with van der Waals surface area (Å²) in [6.45, 7) is -0.0920. The topological polar surface area (TPSA) is 99.0 Å². The summed E-state index contributed by atoms with van der Waals surface area (Å²) >= 11 is 0. The van der Waals surface area contributed by atoms with Gasteiger partial charge in [0.15, 0.2) is 11.5 Å². The third-order valence-corrected chi connectivity index (χ3v) is 6.31. The zero-order valence-electron chi connectivity index (χ0n) is 16.7. The van der Waals surface area contributed by atoms with E-state index in [1.165, 1.54) is 38.5 Å². The molecule has 3 rings (SSSR count). The number of non-ortho nitro benzene ring substituents is 1. The first-order valence-corrected chi connectivity index (χ1v) is 10.4. The molecular weight excluding hydrogens is 427 g/mol. The van der Waals surface area contributed by atoms with Crippen molar-refractivity contribution in [2.45, 2.75) is 11.4 Å². The van der Waals surface area contributed by atoms with Gasteiger partial charge in [-0.05, 0) is 54.1 Å². The maximum absolute atomic E-state index is 13.4. The molecule has 0 aromatic heterocycles. The maximum Gasteiger partial charge on any atom is 0.269 e. The van der Waals surface area contributed by atoms with Gasteiger partial charge in [-0.15, -0.1) is 0 Å². The number of anilines is 1. The van der Waals surface area contributed by atoms with Crippen LogP contribution in [0.2, 0.25) is 0 Å². The quantitative estimate of drug-likeness (QED) is 0.381. The van der Waals surface area contributed by atoms with Crippen LogP contribution in [0.5, 0.6) is 11.5 Å². The van der Waals surface area contributed by atoms with Crippen molar-refractivity contribution in [1.29, 1.82) is 0 Å². The van der Waals surface area contributed by atoms with Gasteiger partial charge in [0.25, 0.3) is 15.7 Å². The lowest BCUT2D eigenvalue weighted by Crippen LogP contribution is -2.30. The zero-order valence-corrected chi connectivity index (χ0v) is 17.5. The van der Waals surface area contributed by atoms with Crippen LogP contribution in [0.25, 0.3) is 0 Å². The van der Waals surface area contributed by atoms with Crippen molar-refractivity contribution < 1.29 is 27.2 Å². The smallest absolute Gasteiger partial charge is 0.269 e. The number of rotatable bonds is 8. The lowest BCUT2D eigenvalue weighted by Gasteiger charge is -2.25. The van der Waals surface area contributed by atoms with Crippen molar-refractivity contribution in [2.24, 2.45) is 0 Å². The fraction of sp³-hybridized carbons (Fsp3) is 0.143. The summed E-state index contributed by atoms with van der Waals surface area (Å²) in [7, 11) is -1.17. The van der Waals surface area contributed by atoms with Gasteiger partial charge in [0.1, 0.15) is 5.82 Å². The molecule has 0 radical (unpaired) electrons. The molecule has 0 spiro atoms. The zero-order chi connectivity index (χ0) is 22.6. The highest BCUT2D eigenvalue weighted by Crippen LogP contribution is 2.31. The van der Waals surface area contributed by atoms with E-state index in [-0.39, 0.29) is 22.8 Å². The van der Waals surface area contributed by atoms with Crippen molar-refractivity contribution in [3.05, 3.63) is 88.2 Å². The molecule has 0 unspecified atom stereocenters. The van der Waals surface area contributed by atoms with Gasteiger partial charge in [0.2, 0.25) is 0 Å². The van der Waals surface area contributed by atoms with E-state index < -0.39 is 20.8 Å². The second kappa shape index (κ2) is 9.00. The van der Waals surface area contributed by atoms with Gasteiger partial charge >= 0.3 is 0 Å². The van der Waals surface area contributed by atoms with E-state index in [1.807, 2.05) is 0 Å². The van der Waals surface area contributed by atoms with Gasteiger partial charge < -0.3 is 9.47 Å². The van der Waals surface area contributed by atoms with Gasteiger partial charge in [0.05, 0.1) is 36.3 Å². The van der Waals surface area contributed by atoms with Crippen LogP contribution in [0, 0.1) is 15.9 Å². The van der Waals surface area contributed by atoms with Crippen LogP contribution < -0.4 is 13.8 Å². The summed E-state index contributed by atoms with van der Waals surface area (Å²) in [4.78, 5) is 10.1. The number of hydrogen-bond donors (Lipinski definition) is 0. The summed E-state index contributed by atoms with van der Waals surface area (Å²) in [6, 6.07) is 14.5. The summed E-state index contributed by atoms with van der Waals surface area (Å²) in [5, 5.41) is 10.9. The Hall–Kier alpha value is -3.66. The normalized spacial score (nSPS) is 11.1. The summed E-state index contributed by atoms with van der Waals surface area (Å²) in [5.74, 6) is 0.396. The Morgan fingerprint density at radius 1 is 0.935 bits per heavy atom. The Kier molecular flexibility index (Phi) is 6.40. The van der Waals surface area contributed by atoms with Crippen LogP contribution >= 0.6 is 0 Å². The number of halogens is 1. The number of benzene rings is 3.